The van der Waals surface area contributed by atoms with E-state index < -0.39 is 0 Å². The second-order valence-electron chi connectivity index (χ2n) is 6.32. The minimum absolute atomic E-state index is 0.246. The van der Waals surface area contributed by atoms with Crippen LogP contribution in [0.1, 0.15) is 0 Å². The molecule has 0 saturated carbocycles. The molecule has 5 rings (SSSR count). The van der Waals surface area contributed by atoms with Crippen molar-refractivity contribution in [3.63, 3.8) is 0 Å². The largest absolute Gasteiger partial charge is 0.507 e. The standard InChI is InChI=1S/C23H16N2O2/c26-23-18-10-5-4-7-16(18)12-13-19(23)21-15-20(22-11-6-14-27-22)24-25(21)17-8-2-1-3-9-17/h1-15,26H. The van der Waals surface area contributed by atoms with Crippen LogP contribution < -0.4 is 0 Å². The number of para-hydroxylation sites is 1. The van der Waals surface area contributed by atoms with E-state index in [1.165, 1.54) is 0 Å². The third-order valence-corrected chi connectivity index (χ3v) is 4.66. The lowest BCUT2D eigenvalue weighted by atomic mass is 10.0. The van der Waals surface area contributed by atoms with Crippen molar-refractivity contribution in [2.75, 3.05) is 0 Å². The summed E-state index contributed by atoms with van der Waals surface area (Å²) in [6.07, 6.45) is 1.63. The SMILES string of the molecule is Oc1c(-c2cc(-c3ccco3)nn2-c2ccccc2)ccc2ccccc12. The molecular formula is C23H16N2O2. The Labute approximate surface area is 155 Å². The summed E-state index contributed by atoms with van der Waals surface area (Å²) >= 11 is 0. The maximum absolute atomic E-state index is 10.9. The van der Waals surface area contributed by atoms with Gasteiger partial charge in [0.05, 0.1) is 17.6 Å². The highest BCUT2D eigenvalue weighted by Crippen LogP contribution is 2.38. The van der Waals surface area contributed by atoms with Gasteiger partial charge in [0.15, 0.2) is 5.76 Å². The molecule has 2 heterocycles. The van der Waals surface area contributed by atoms with E-state index in [4.69, 9.17) is 9.52 Å². The number of rotatable bonds is 3. The van der Waals surface area contributed by atoms with Gasteiger partial charge in [-0.05, 0) is 41.8 Å². The van der Waals surface area contributed by atoms with Gasteiger partial charge in [-0.2, -0.15) is 5.10 Å². The van der Waals surface area contributed by atoms with E-state index in [9.17, 15) is 5.11 Å². The molecule has 0 bridgehead atoms. The molecule has 0 amide bonds. The Balaban J connectivity index is 1.77. The zero-order valence-corrected chi connectivity index (χ0v) is 14.4. The molecule has 1 N–H and O–H groups in total. The van der Waals surface area contributed by atoms with E-state index in [0.717, 1.165) is 27.7 Å². The van der Waals surface area contributed by atoms with Gasteiger partial charge in [-0.25, -0.2) is 4.68 Å². The van der Waals surface area contributed by atoms with Crippen LogP contribution in [0.2, 0.25) is 0 Å². The van der Waals surface area contributed by atoms with Crippen LogP contribution >= 0.6 is 0 Å². The number of phenols is 1. The van der Waals surface area contributed by atoms with Gasteiger partial charge in [0, 0.05) is 10.9 Å². The van der Waals surface area contributed by atoms with Crippen LogP contribution in [0, 0.1) is 0 Å². The molecule has 0 fully saturated rings. The van der Waals surface area contributed by atoms with E-state index in [2.05, 4.69) is 0 Å². The molecule has 0 radical (unpaired) electrons. The highest BCUT2D eigenvalue weighted by molar-refractivity contribution is 5.94. The topological polar surface area (TPSA) is 51.2 Å². The zero-order valence-electron chi connectivity index (χ0n) is 14.4. The maximum Gasteiger partial charge on any atom is 0.154 e. The Morgan fingerprint density at radius 3 is 2.44 bits per heavy atom. The van der Waals surface area contributed by atoms with Crippen molar-refractivity contribution in [1.29, 1.82) is 0 Å². The smallest absolute Gasteiger partial charge is 0.154 e. The number of benzene rings is 3. The molecule has 5 aromatic rings. The van der Waals surface area contributed by atoms with Gasteiger partial charge in [-0.15, -0.1) is 0 Å². The first-order chi connectivity index (χ1) is 13.3. The van der Waals surface area contributed by atoms with Crippen molar-refractivity contribution in [3.05, 3.63) is 91.2 Å². The normalized spacial score (nSPS) is 11.1. The van der Waals surface area contributed by atoms with Crippen molar-refractivity contribution in [2.45, 2.75) is 0 Å². The fourth-order valence-corrected chi connectivity index (χ4v) is 3.35. The van der Waals surface area contributed by atoms with E-state index in [1.807, 2.05) is 89.6 Å². The second-order valence-corrected chi connectivity index (χ2v) is 6.32. The molecule has 0 unspecified atom stereocenters. The third kappa shape index (κ3) is 2.59. The van der Waals surface area contributed by atoms with Crippen LogP contribution in [0.3, 0.4) is 0 Å². The van der Waals surface area contributed by atoms with Crippen LogP contribution in [-0.4, -0.2) is 14.9 Å². The highest BCUT2D eigenvalue weighted by Gasteiger charge is 2.18. The average molecular weight is 352 g/mol. The van der Waals surface area contributed by atoms with Crippen molar-refractivity contribution in [3.8, 4) is 34.1 Å². The molecule has 3 aromatic carbocycles. The molecule has 0 aliphatic carbocycles. The van der Waals surface area contributed by atoms with Crippen LogP contribution in [0.15, 0.2) is 95.6 Å². The van der Waals surface area contributed by atoms with Gasteiger partial charge in [0.25, 0.3) is 0 Å². The number of hydrogen-bond acceptors (Lipinski definition) is 3. The summed E-state index contributed by atoms with van der Waals surface area (Å²) in [5.74, 6) is 0.933. The van der Waals surface area contributed by atoms with Crippen LogP contribution in [0.25, 0.3) is 39.2 Å². The summed E-state index contributed by atoms with van der Waals surface area (Å²) in [6, 6.07) is 27.3. The Bertz CT molecular complexity index is 1220. The summed E-state index contributed by atoms with van der Waals surface area (Å²) in [5.41, 5.74) is 3.16. The average Bonchev–Trinajstić information content (AvgIpc) is 3.39. The minimum Gasteiger partial charge on any atom is -0.507 e. The lowest BCUT2D eigenvalue weighted by molar-refractivity contribution is 0.483. The van der Waals surface area contributed by atoms with Crippen molar-refractivity contribution >= 4 is 10.8 Å². The van der Waals surface area contributed by atoms with E-state index in [-0.39, 0.29) is 5.75 Å². The number of phenolic OH excluding ortho intramolecular Hbond substituents is 1. The fourth-order valence-electron chi connectivity index (χ4n) is 3.35. The predicted octanol–water partition coefficient (Wildman–Crippen LogP) is 5.66. The molecule has 4 heteroatoms. The van der Waals surface area contributed by atoms with E-state index >= 15 is 0 Å². The first-order valence-corrected chi connectivity index (χ1v) is 8.72. The molecule has 0 spiro atoms. The first kappa shape index (κ1) is 15.5. The van der Waals surface area contributed by atoms with Gasteiger partial charge in [-0.3, -0.25) is 0 Å². The second kappa shape index (κ2) is 6.18. The number of hydrogen-bond donors (Lipinski definition) is 1. The number of furan rings is 1. The number of fused-ring (bicyclic) bond motifs is 1. The molecule has 0 atom stereocenters. The monoisotopic (exact) mass is 352 g/mol. The molecule has 0 saturated heterocycles. The molecule has 4 nitrogen and oxygen atoms in total. The molecule has 0 aliphatic rings. The summed E-state index contributed by atoms with van der Waals surface area (Å²) < 4.78 is 7.36. The Morgan fingerprint density at radius 1 is 0.815 bits per heavy atom. The maximum atomic E-state index is 10.9. The van der Waals surface area contributed by atoms with Crippen molar-refractivity contribution in [2.24, 2.45) is 0 Å². The quantitative estimate of drug-likeness (QED) is 0.456. The molecule has 2 aromatic heterocycles. The first-order valence-electron chi connectivity index (χ1n) is 8.72. The summed E-state index contributed by atoms with van der Waals surface area (Å²) in [5, 5.41) is 17.5. The summed E-state index contributed by atoms with van der Waals surface area (Å²) in [6.45, 7) is 0. The van der Waals surface area contributed by atoms with Gasteiger partial charge in [0.1, 0.15) is 11.4 Å². The number of nitrogens with zero attached hydrogens (tertiary/aromatic N) is 2. The summed E-state index contributed by atoms with van der Waals surface area (Å²) in [4.78, 5) is 0. The Hall–Kier alpha value is -3.79. The molecule has 0 aliphatic heterocycles. The fraction of sp³-hybridized carbons (Fsp3) is 0. The molecule has 130 valence electrons. The molecular weight excluding hydrogens is 336 g/mol. The minimum atomic E-state index is 0.246. The van der Waals surface area contributed by atoms with Crippen LogP contribution in [0.4, 0.5) is 0 Å². The van der Waals surface area contributed by atoms with Gasteiger partial charge in [-0.1, -0.05) is 48.5 Å². The van der Waals surface area contributed by atoms with Crippen molar-refractivity contribution in [1.82, 2.24) is 9.78 Å². The van der Waals surface area contributed by atoms with Crippen molar-refractivity contribution < 1.29 is 9.52 Å². The third-order valence-electron chi connectivity index (χ3n) is 4.66. The van der Waals surface area contributed by atoms with Crippen LogP contribution in [-0.2, 0) is 0 Å². The van der Waals surface area contributed by atoms with E-state index in [0.29, 0.717) is 11.5 Å². The predicted molar refractivity (Wildman–Crippen MR) is 106 cm³/mol. The zero-order chi connectivity index (χ0) is 18.2. The number of aromatic nitrogens is 2. The lowest BCUT2D eigenvalue weighted by Gasteiger charge is -2.11. The van der Waals surface area contributed by atoms with E-state index in [1.54, 1.807) is 6.26 Å². The Kier molecular flexibility index (Phi) is 3.54. The number of aromatic hydroxyl groups is 1. The summed E-state index contributed by atoms with van der Waals surface area (Å²) in [7, 11) is 0. The van der Waals surface area contributed by atoms with Gasteiger partial charge >= 0.3 is 0 Å². The highest BCUT2D eigenvalue weighted by atomic mass is 16.3. The van der Waals surface area contributed by atoms with Gasteiger partial charge in [0.2, 0.25) is 0 Å². The molecule has 27 heavy (non-hydrogen) atoms. The van der Waals surface area contributed by atoms with Crippen LogP contribution in [0.5, 0.6) is 5.75 Å². The van der Waals surface area contributed by atoms with Gasteiger partial charge < -0.3 is 9.52 Å². The Morgan fingerprint density at radius 2 is 1.63 bits per heavy atom. The lowest BCUT2D eigenvalue weighted by Crippen LogP contribution is -1.99.